The van der Waals surface area contributed by atoms with Gasteiger partial charge in [0.15, 0.2) is 0 Å². The molecular formula is C28H35NO2. The van der Waals surface area contributed by atoms with Crippen LogP contribution in [-0.2, 0) is 22.5 Å². The Kier molecular flexibility index (Phi) is 9.18. The highest BCUT2D eigenvalue weighted by molar-refractivity contribution is 5.76. The van der Waals surface area contributed by atoms with Crippen LogP contribution in [0, 0.1) is 11.8 Å². The normalized spacial score (nSPS) is 16.6. The van der Waals surface area contributed by atoms with Crippen molar-refractivity contribution in [1.82, 2.24) is 4.90 Å². The van der Waals surface area contributed by atoms with Gasteiger partial charge in [0.2, 0.25) is 0 Å². The molecule has 0 saturated heterocycles. The van der Waals surface area contributed by atoms with E-state index < -0.39 is 0 Å². The van der Waals surface area contributed by atoms with Crippen molar-refractivity contribution in [2.24, 2.45) is 0 Å². The minimum absolute atomic E-state index is 0.126. The summed E-state index contributed by atoms with van der Waals surface area (Å²) >= 11 is 0. The number of benzene rings is 2. The third-order valence-corrected chi connectivity index (χ3v) is 6.10. The lowest BCUT2D eigenvalue weighted by molar-refractivity contribution is -0.148. The van der Waals surface area contributed by atoms with E-state index in [2.05, 4.69) is 54.0 Å². The van der Waals surface area contributed by atoms with Crippen LogP contribution in [0.1, 0.15) is 74.6 Å². The lowest BCUT2D eigenvalue weighted by Gasteiger charge is -2.38. The number of rotatable bonds is 9. The first-order valence-electron chi connectivity index (χ1n) is 11.7. The Morgan fingerprint density at radius 3 is 2.42 bits per heavy atom. The summed E-state index contributed by atoms with van der Waals surface area (Å²) in [4.78, 5) is 14.9. The fraction of sp³-hybridized carbons (Fsp3) is 0.464. The maximum absolute atomic E-state index is 12.7. The van der Waals surface area contributed by atoms with Crippen LogP contribution >= 0.6 is 0 Å². The number of hydrogen-bond acceptors (Lipinski definition) is 3. The van der Waals surface area contributed by atoms with Gasteiger partial charge in [-0.25, -0.2) is 0 Å². The quantitative estimate of drug-likeness (QED) is 0.281. The fourth-order valence-electron chi connectivity index (χ4n) is 4.32. The maximum Gasteiger partial charge on any atom is 0.323 e. The van der Waals surface area contributed by atoms with Crippen LogP contribution in [-0.4, -0.2) is 24.0 Å². The Balaban J connectivity index is 1.79. The van der Waals surface area contributed by atoms with Crippen molar-refractivity contribution in [3.8, 4) is 11.8 Å². The summed E-state index contributed by atoms with van der Waals surface area (Å²) in [6.45, 7) is 2.94. The fourth-order valence-corrected chi connectivity index (χ4v) is 4.32. The molecule has 1 heterocycles. The molecule has 0 amide bonds. The molecule has 0 aliphatic carbocycles. The van der Waals surface area contributed by atoms with E-state index in [1.165, 1.54) is 50.3 Å². The van der Waals surface area contributed by atoms with E-state index in [-0.39, 0.29) is 18.1 Å². The van der Waals surface area contributed by atoms with E-state index in [1.54, 1.807) is 0 Å². The molecule has 3 nitrogen and oxygen atoms in total. The van der Waals surface area contributed by atoms with Crippen LogP contribution in [0.2, 0.25) is 0 Å². The summed E-state index contributed by atoms with van der Waals surface area (Å²) in [5.41, 5.74) is 3.62. The second kappa shape index (κ2) is 12.3. The second-order valence-corrected chi connectivity index (χ2v) is 8.34. The van der Waals surface area contributed by atoms with Gasteiger partial charge < -0.3 is 4.74 Å². The predicted molar refractivity (Wildman–Crippen MR) is 126 cm³/mol. The average Bonchev–Trinajstić information content (AvgIpc) is 2.82. The largest absolute Gasteiger partial charge is 0.468 e. The lowest BCUT2D eigenvalue weighted by Crippen LogP contribution is -2.47. The van der Waals surface area contributed by atoms with Crippen LogP contribution in [0.25, 0.3) is 0 Å². The summed E-state index contributed by atoms with van der Waals surface area (Å²) in [7, 11) is 1.47. The highest BCUT2D eigenvalue weighted by atomic mass is 16.5. The van der Waals surface area contributed by atoms with Gasteiger partial charge in [0.05, 0.1) is 13.2 Å². The van der Waals surface area contributed by atoms with Gasteiger partial charge in [-0.2, -0.15) is 0 Å². The number of esters is 1. The molecule has 1 aliphatic heterocycles. The second-order valence-electron chi connectivity index (χ2n) is 8.34. The first-order valence-corrected chi connectivity index (χ1v) is 11.7. The molecule has 0 N–H and O–H groups in total. The molecule has 2 aromatic carbocycles. The van der Waals surface area contributed by atoms with E-state index in [4.69, 9.17) is 4.74 Å². The number of fused-ring (bicyclic) bond motifs is 1. The molecule has 0 fully saturated rings. The van der Waals surface area contributed by atoms with E-state index in [0.29, 0.717) is 13.0 Å². The zero-order chi connectivity index (χ0) is 21.9. The molecule has 1 unspecified atom stereocenters. The zero-order valence-corrected chi connectivity index (χ0v) is 19.0. The molecule has 0 spiro atoms. The minimum atomic E-state index is -0.326. The summed E-state index contributed by atoms with van der Waals surface area (Å²) in [5.74, 6) is 6.76. The molecule has 2 aromatic rings. The topological polar surface area (TPSA) is 29.5 Å². The Bertz CT molecular complexity index is 881. The van der Waals surface area contributed by atoms with Gasteiger partial charge in [0, 0.05) is 13.0 Å². The molecule has 3 rings (SSSR count). The van der Waals surface area contributed by atoms with E-state index in [0.717, 1.165) is 18.4 Å². The predicted octanol–water partition coefficient (Wildman–Crippen LogP) is 6.08. The van der Waals surface area contributed by atoms with E-state index >= 15 is 0 Å². The molecule has 164 valence electrons. The van der Waals surface area contributed by atoms with Gasteiger partial charge in [-0.3, -0.25) is 9.69 Å². The van der Waals surface area contributed by atoms with Gasteiger partial charge in [-0.1, -0.05) is 99.5 Å². The number of methoxy groups -OCH3 is 1. The number of unbranched alkanes of at least 4 members (excludes halogenated alkanes) is 6. The van der Waals surface area contributed by atoms with Gasteiger partial charge in [-0.05, 0) is 29.5 Å². The SMILES string of the molecule is CCCCCCCCC#CC(c1ccccc1)N1Cc2ccccc2C[C@H]1C(=O)OC. The molecule has 1 aliphatic rings. The summed E-state index contributed by atoms with van der Waals surface area (Å²) in [6.07, 6.45) is 9.17. The lowest BCUT2D eigenvalue weighted by atomic mass is 9.91. The number of nitrogens with zero attached hydrogens (tertiary/aromatic N) is 1. The molecular weight excluding hydrogens is 382 g/mol. The average molecular weight is 418 g/mol. The molecule has 31 heavy (non-hydrogen) atoms. The van der Waals surface area contributed by atoms with Crippen LogP contribution in [0.4, 0.5) is 0 Å². The van der Waals surface area contributed by atoms with Gasteiger partial charge in [0.1, 0.15) is 6.04 Å². The molecule has 0 radical (unpaired) electrons. The number of carbonyl (C=O) groups excluding carboxylic acids is 1. The highest BCUT2D eigenvalue weighted by Gasteiger charge is 2.36. The molecule has 0 aromatic heterocycles. The van der Waals surface area contributed by atoms with E-state index in [1.807, 2.05) is 24.3 Å². The Hall–Kier alpha value is -2.57. The molecule has 0 bridgehead atoms. The third-order valence-electron chi connectivity index (χ3n) is 6.10. The van der Waals surface area contributed by atoms with Crippen LogP contribution in [0.3, 0.4) is 0 Å². The standard InChI is InChI=1S/C28H35NO2/c1-3-4-5-6-7-8-9-13-20-26(23-16-11-10-12-17-23)29-22-25-19-15-14-18-24(25)21-27(29)28(30)31-2/h10-12,14-19,26-27H,3-9,21-22H2,1-2H3/t26?,27-/m0/s1. The van der Waals surface area contributed by atoms with Gasteiger partial charge in [0.25, 0.3) is 0 Å². The molecule has 2 atom stereocenters. The Labute approximate surface area is 187 Å². The first-order chi connectivity index (χ1) is 15.2. The smallest absolute Gasteiger partial charge is 0.323 e. The molecule has 0 saturated carbocycles. The van der Waals surface area contributed by atoms with Crippen molar-refractivity contribution in [3.63, 3.8) is 0 Å². The third kappa shape index (κ3) is 6.45. The van der Waals surface area contributed by atoms with E-state index in [9.17, 15) is 4.79 Å². The van der Waals surface area contributed by atoms with Crippen LogP contribution in [0.15, 0.2) is 54.6 Å². The van der Waals surface area contributed by atoms with Crippen molar-refractivity contribution in [2.75, 3.05) is 7.11 Å². The van der Waals surface area contributed by atoms with Crippen molar-refractivity contribution < 1.29 is 9.53 Å². The summed E-state index contributed by atoms with van der Waals surface area (Å²) in [6, 6.07) is 18.3. The Morgan fingerprint density at radius 1 is 1.00 bits per heavy atom. The highest BCUT2D eigenvalue weighted by Crippen LogP contribution is 2.32. The Morgan fingerprint density at radius 2 is 1.68 bits per heavy atom. The first kappa shape index (κ1) is 23.1. The zero-order valence-electron chi connectivity index (χ0n) is 19.0. The number of ether oxygens (including phenoxy) is 1. The van der Waals surface area contributed by atoms with Gasteiger partial charge >= 0.3 is 5.97 Å². The summed E-state index contributed by atoms with van der Waals surface area (Å²) < 4.78 is 5.18. The van der Waals surface area contributed by atoms with Crippen molar-refractivity contribution in [3.05, 3.63) is 71.3 Å². The van der Waals surface area contributed by atoms with Crippen molar-refractivity contribution >= 4 is 5.97 Å². The monoisotopic (exact) mass is 417 g/mol. The van der Waals surface area contributed by atoms with Crippen molar-refractivity contribution in [2.45, 2.75) is 76.9 Å². The number of hydrogen-bond donors (Lipinski definition) is 0. The summed E-state index contributed by atoms with van der Waals surface area (Å²) in [5, 5.41) is 0. The van der Waals surface area contributed by atoms with Crippen LogP contribution < -0.4 is 0 Å². The van der Waals surface area contributed by atoms with Gasteiger partial charge in [-0.15, -0.1) is 5.92 Å². The minimum Gasteiger partial charge on any atom is -0.468 e. The van der Waals surface area contributed by atoms with Crippen LogP contribution in [0.5, 0.6) is 0 Å². The molecule has 3 heteroatoms. The maximum atomic E-state index is 12.7. The number of carbonyl (C=O) groups is 1. The van der Waals surface area contributed by atoms with Crippen molar-refractivity contribution in [1.29, 1.82) is 0 Å².